The molecule has 0 aliphatic carbocycles. The number of benzene rings is 5. The van der Waals surface area contributed by atoms with Gasteiger partial charge in [0.25, 0.3) is 11.4 Å². The fraction of sp³-hybridized carbons (Fsp3) is 0. The Morgan fingerprint density at radius 2 is 0.810 bits per heavy atom. The van der Waals surface area contributed by atoms with Gasteiger partial charge in [-0.3, -0.25) is 54.9 Å². The van der Waals surface area contributed by atoms with Crippen LogP contribution in [0, 0.1) is 43.0 Å². The summed E-state index contributed by atoms with van der Waals surface area (Å²) in [6.45, 7) is 0. The number of hydrogen-bond donors (Lipinski definition) is 8. The predicted molar refractivity (Wildman–Crippen MR) is 274 cm³/mol. The van der Waals surface area contributed by atoms with Crippen molar-refractivity contribution in [2.24, 2.45) is 33.8 Å². The van der Waals surface area contributed by atoms with Crippen LogP contribution in [-0.4, -0.2) is 55.5 Å². The van der Waals surface area contributed by atoms with E-state index in [9.17, 15) is 49.1 Å². The van der Waals surface area contributed by atoms with E-state index in [-0.39, 0.29) is 39.1 Å². The van der Waals surface area contributed by atoms with E-state index in [4.69, 9.17) is 39.6 Å². The third-order valence-electron chi connectivity index (χ3n) is 6.84. The Kier molecular flexibility index (Phi) is 28.0. The molecule has 0 fully saturated rings. The minimum absolute atomic E-state index is 0. The van der Waals surface area contributed by atoms with Gasteiger partial charge in [0.15, 0.2) is 0 Å². The third-order valence-corrected chi connectivity index (χ3v) is 11.5. The molecule has 336 valence electrons. The number of nitrogens with two attached hydrogens (primary N) is 6. The van der Waals surface area contributed by atoms with Crippen molar-refractivity contribution in [3.63, 3.8) is 0 Å². The number of nitro groups is 2. The average Bonchev–Trinajstić information content (AvgIpc) is 3.20. The lowest BCUT2D eigenvalue weighted by Gasteiger charge is -2.03. The van der Waals surface area contributed by atoms with Crippen molar-refractivity contribution in [3.05, 3.63) is 162 Å². The number of primary amides is 5. The molecule has 0 bridgehead atoms. The molecule has 0 spiro atoms. The minimum atomic E-state index is -0.667. The molecule has 18 N–H and O–H groups in total. The Morgan fingerprint density at radius 3 is 1.13 bits per heavy atom. The standard InChI is InChI=1S/2C7H5IN2O3.C7H7IN2O2.C7H5IN2O2.C7H7IN2O.2H2O/c2*8-5-2-1-4(7(9)11)3-6(5)10(12)13;2*8-5-2-1-4(7(9)11)3-6(5)10-12;8-5-2-1-4(7(10)11)3-6(5)9;;/h2*1-3H,(H2,9,11);1-3,10,12H,(H2,9,11);1-3H,(H2,9,11);1-3H,9H2,(H2,10,11);2*1H2. The average molecular weight is 1440 g/mol. The molecular formula is C35H33I5N10O13. The van der Waals surface area contributed by atoms with Gasteiger partial charge in [0.2, 0.25) is 29.5 Å². The van der Waals surface area contributed by atoms with Gasteiger partial charge in [0.05, 0.1) is 22.7 Å². The van der Waals surface area contributed by atoms with Crippen LogP contribution < -0.4 is 39.9 Å². The second-order valence-corrected chi connectivity index (χ2v) is 16.8. The van der Waals surface area contributed by atoms with Crippen LogP contribution in [0.15, 0.2) is 96.2 Å². The summed E-state index contributed by atoms with van der Waals surface area (Å²) in [4.78, 5) is 83.3. The molecule has 0 aliphatic heterocycles. The first kappa shape index (κ1) is 60.1. The van der Waals surface area contributed by atoms with Gasteiger partial charge in [-0.2, -0.15) is 0 Å². The summed E-state index contributed by atoms with van der Waals surface area (Å²) >= 11 is 9.71. The molecule has 0 aromatic heterocycles. The van der Waals surface area contributed by atoms with Crippen molar-refractivity contribution < 1.29 is 50.0 Å². The normalized spacial score (nSPS) is 9.24. The summed E-state index contributed by atoms with van der Waals surface area (Å²) < 4.78 is 3.40. The number of anilines is 2. The van der Waals surface area contributed by atoms with Crippen LogP contribution in [0.5, 0.6) is 0 Å². The molecule has 5 aromatic rings. The topological polar surface area (TPSA) is 452 Å². The molecule has 0 unspecified atom stereocenters. The molecule has 63 heavy (non-hydrogen) atoms. The molecule has 0 radical (unpaired) electrons. The zero-order valence-electron chi connectivity index (χ0n) is 31.4. The van der Waals surface area contributed by atoms with Gasteiger partial charge in [-0.1, -0.05) is 0 Å². The van der Waals surface area contributed by atoms with Crippen molar-refractivity contribution in [1.82, 2.24) is 0 Å². The molecule has 0 aliphatic rings. The van der Waals surface area contributed by atoms with Crippen molar-refractivity contribution in [2.45, 2.75) is 0 Å². The number of hydrogen-bond acceptors (Lipinski definition) is 14. The molecule has 5 amide bonds. The van der Waals surface area contributed by atoms with E-state index in [0.717, 1.165) is 7.14 Å². The quantitative estimate of drug-likeness (QED) is 0.0320. The van der Waals surface area contributed by atoms with Gasteiger partial charge < -0.3 is 45.4 Å². The lowest BCUT2D eigenvalue weighted by atomic mass is 10.2. The number of amides is 5. The Bertz CT molecular complexity index is 2430. The molecule has 0 saturated carbocycles. The maximum atomic E-state index is 10.7. The Labute approximate surface area is 423 Å². The first-order chi connectivity index (χ1) is 28.4. The zero-order chi connectivity index (χ0) is 46.7. The number of nitrogens with zero attached hydrogens (tertiary/aromatic N) is 3. The van der Waals surface area contributed by atoms with E-state index in [1.807, 2.05) is 95.8 Å². The van der Waals surface area contributed by atoms with Crippen LogP contribution in [0.25, 0.3) is 0 Å². The summed E-state index contributed by atoms with van der Waals surface area (Å²) in [5.41, 5.74) is 35.0. The highest BCUT2D eigenvalue weighted by Gasteiger charge is 2.15. The number of carbonyl (C=O) groups excluding carboxylic acids is 5. The second kappa shape index (κ2) is 29.4. The van der Waals surface area contributed by atoms with Gasteiger partial charge >= 0.3 is 0 Å². The van der Waals surface area contributed by atoms with Crippen molar-refractivity contribution >= 4 is 171 Å². The van der Waals surface area contributed by atoms with E-state index in [1.54, 1.807) is 42.5 Å². The monoisotopic (exact) mass is 1440 g/mol. The van der Waals surface area contributed by atoms with E-state index >= 15 is 0 Å². The van der Waals surface area contributed by atoms with E-state index in [1.165, 1.54) is 48.5 Å². The van der Waals surface area contributed by atoms with E-state index < -0.39 is 39.4 Å². The number of rotatable bonds is 9. The van der Waals surface area contributed by atoms with E-state index in [2.05, 4.69) is 27.8 Å². The first-order valence-corrected chi connectivity index (χ1v) is 21.1. The molecule has 0 heterocycles. The van der Waals surface area contributed by atoms with Crippen LogP contribution in [0.2, 0.25) is 0 Å². The summed E-state index contributed by atoms with van der Waals surface area (Å²) in [6, 6.07) is 22.5. The van der Waals surface area contributed by atoms with Gasteiger partial charge in [-0.15, -0.1) is 4.91 Å². The number of carbonyl (C=O) groups is 5. The summed E-state index contributed by atoms with van der Waals surface area (Å²) in [5.74, 6) is -2.86. The SMILES string of the molecule is NC(=O)c1ccc(I)c(N)c1.NC(=O)c1ccc(I)c(N=O)c1.NC(=O)c1ccc(I)c(NO)c1.NC(=O)c1ccc(I)c([N+](=O)[O-])c1.NC(=O)c1ccc(I)c([N+](=O)[O-])c1.O.O. The smallest absolute Gasteiger partial charge is 0.283 e. The molecule has 5 aromatic carbocycles. The minimum Gasteiger partial charge on any atom is -0.412 e. The molecule has 5 rings (SSSR count). The number of nitrogens with one attached hydrogen (secondary N) is 1. The van der Waals surface area contributed by atoms with Crippen molar-refractivity contribution in [1.29, 1.82) is 0 Å². The summed E-state index contributed by atoms with van der Waals surface area (Å²) in [7, 11) is 0. The van der Waals surface area contributed by atoms with Gasteiger partial charge in [-0.05, 0) is 197 Å². The van der Waals surface area contributed by atoms with Crippen LogP contribution >= 0.6 is 113 Å². The fourth-order valence-electron chi connectivity index (χ4n) is 3.81. The van der Waals surface area contributed by atoms with Gasteiger partial charge in [0.1, 0.15) is 5.69 Å². The first-order valence-electron chi connectivity index (χ1n) is 15.7. The Morgan fingerprint density at radius 1 is 0.508 bits per heavy atom. The lowest BCUT2D eigenvalue weighted by molar-refractivity contribution is -0.386. The molecular weight excluding hydrogens is 1400 g/mol. The molecule has 23 nitrogen and oxygen atoms in total. The highest BCUT2D eigenvalue weighted by atomic mass is 127. The Hall–Kier alpha value is -5.02. The lowest BCUT2D eigenvalue weighted by Crippen LogP contribution is -2.11. The van der Waals surface area contributed by atoms with Crippen LogP contribution in [0.3, 0.4) is 0 Å². The maximum absolute atomic E-state index is 10.7. The number of halogens is 5. The Balaban J connectivity index is 0. The van der Waals surface area contributed by atoms with Gasteiger partial charge in [0, 0.05) is 56.3 Å². The zero-order valence-corrected chi connectivity index (χ0v) is 42.2. The van der Waals surface area contributed by atoms with Gasteiger partial charge in [-0.25, -0.2) is 0 Å². The number of nitroso groups, excluding NO2 is 1. The van der Waals surface area contributed by atoms with Crippen LogP contribution in [0.4, 0.5) is 28.4 Å². The maximum Gasteiger partial charge on any atom is 0.283 e. The van der Waals surface area contributed by atoms with E-state index in [0.29, 0.717) is 38.8 Å². The fourth-order valence-corrected chi connectivity index (χ4v) is 6.10. The van der Waals surface area contributed by atoms with Crippen LogP contribution in [0.1, 0.15) is 51.8 Å². The summed E-state index contributed by atoms with van der Waals surface area (Å²) in [5, 5.41) is 32.3. The predicted octanol–water partition coefficient (Wildman–Crippen LogP) is 4.90. The second-order valence-electron chi connectivity index (χ2n) is 11.0. The highest BCUT2D eigenvalue weighted by Crippen LogP contribution is 2.24. The number of nitrogen functional groups attached to an aromatic ring is 1. The molecule has 0 atom stereocenters. The molecule has 0 saturated heterocycles. The van der Waals surface area contributed by atoms with Crippen molar-refractivity contribution in [3.8, 4) is 0 Å². The largest absolute Gasteiger partial charge is 0.412 e. The third kappa shape index (κ3) is 20.4. The number of nitro benzene ring substituents is 2. The summed E-state index contributed by atoms with van der Waals surface area (Å²) in [6.07, 6.45) is 0. The van der Waals surface area contributed by atoms with Crippen molar-refractivity contribution in [2.75, 3.05) is 11.2 Å². The molecule has 28 heteroatoms. The highest BCUT2D eigenvalue weighted by molar-refractivity contribution is 14.1. The van der Waals surface area contributed by atoms with Crippen LogP contribution in [-0.2, 0) is 0 Å².